The number of carbonyl (C=O) groups excluding carboxylic acids is 2. The van der Waals surface area contributed by atoms with Crippen molar-refractivity contribution in [2.75, 3.05) is 11.5 Å². The predicted octanol–water partition coefficient (Wildman–Crippen LogP) is 4.69. The summed E-state index contributed by atoms with van der Waals surface area (Å²) in [5.41, 5.74) is 3.31. The minimum Gasteiger partial charge on any atom is -0.493 e. The number of hydrogen-bond donors (Lipinski definition) is 1. The molecular formula is C25H22N2O3S. The highest BCUT2D eigenvalue weighted by molar-refractivity contribution is 7.80. The van der Waals surface area contributed by atoms with Gasteiger partial charge in [0.1, 0.15) is 11.3 Å². The van der Waals surface area contributed by atoms with Crippen LogP contribution in [0.2, 0.25) is 0 Å². The molecule has 4 rings (SSSR count). The van der Waals surface area contributed by atoms with Gasteiger partial charge in [0.15, 0.2) is 5.11 Å². The topological polar surface area (TPSA) is 58.6 Å². The van der Waals surface area contributed by atoms with Gasteiger partial charge in [-0.3, -0.25) is 19.8 Å². The first-order valence-corrected chi connectivity index (χ1v) is 10.4. The van der Waals surface area contributed by atoms with E-state index in [0.717, 1.165) is 21.9 Å². The summed E-state index contributed by atoms with van der Waals surface area (Å²) in [5, 5.41) is 4.61. The van der Waals surface area contributed by atoms with Crippen LogP contribution in [0.15, 0.2) is 60.2 Å². The highest BCUT2D eigenvalue weighted by Gasteiger charge is 2.35. The number of nitrogens with zero attached hydrogens (tertiary/aromatic N) is 1. The van der Waals surface area contributed by atoms with Gasteiger partial charge in [-0.15, -0.1) is 0 Å². The van der Waals surface area contributed by atoms with Crippen LogP contribution in [0, 0.1) is 13.8 Å². The van der Waals surface area contributed by atoms with E-state index in [1.165, 1.54) is 4.90 Å². The maximum Gasteiger partial charge on any atom is 0.270 e. The number of fused-ring (bicyclic) bond motifs is 1. The van der Waals surface area contributed by atoms with Gasteiger partial charge >= 0.3 is 0 Å². The molecule has 0 aromatic heterocycles. The van der Waals surface area contributed by atoms with Crippen LogP contribution < -0.4 is 15.0 Å². The standard InChI is InChI=1S/C25H22N2O3S/c1-4-30-22-12-10-17-7-5-6-8-18(17)19(22)14-20-23(28)26-25(31)27(24(20)29)21-11-9-15(2)13-16(21)3/h5-14H,4H2,1-3H3,(H,26,28,31)/b20-14+. The van der Waals surface area contributed by atoms with Gasteiger partial charge in [-0.05, 0) is 67.5 Å². The van der Waals surface area contributed by atoms with Crippen LogP contribution in [-0.2, 0) is 9.59 Å². The number of benzene rings is 3. The van der Waals surface area contributed by atoms with E-state index in [4.69, 9.17) is 17.0 Å². The molecule has 3 aromatic carbocycles. The van der Waals surface area contributed by atoms with Crippen molar-refractivity contribution in [1.82, 2.24) is 5.32 Å². The summed E-state index contributed by atoms with van der Waals surface area (Å²) >= 11 is 5.34. The number of aryl methyl sites for hydroxylation is 2. The zero-order valence-electron chi connectivity index (χ0n) is 17.6. The van der Waals surface area contributed by atoms with Crippen LogP contribution in [0.5, 0.6) is 5.75 Å². The minimum atomic E-state index is -0.522. The van der Waals surface area contributed by atoms with E-state index in [1.807, 2.05) is 75.4 Å². The molecule has 31 heavy (non-hydrogen) atoms. The minimum absolute atomic E-state index is 0.00545. The second-order valence-corrected chi connectivity index (χ2v) is 7.77. The Bertz CT molecular complexity index is 1260. The molecule has 0 saturated carbocycles. The van der Waals surface area contributed by atoms with Crippen LogP contribution in [0.3, 0.4) is 0 Å². The molecule has 1 saturated heterocycles. The SMILES string of the molecule is CCOc1ccc2ccccc2c1/C=C1\C(=O)NC(=S)N(c2ccc(C)cc2C)C1=O. The van der Waals surface area contributed by atoms with Crippen molar-refractivity contribution in [2.45, 2.75) is 20.8 Å². The number of hydrogen-bond acceptors (Lipinski definition) is 4. The van der Waals surface area contributed by atoms with Crippen molar-refractivity contribution >= 4 is 51.7 Å². The molecule has 0 aliphatic carbocycles. The fourth-order valence-corrected chi connectivity index (χ4v) is 4.06. The summed E-state index contributed by atoms with van der Waals surface area (Å²) in [6.45, 7) is 6.25. The van der Waals surface area contributed by atoms with Gasteiger partial charge in [-0.1, -0.05) is 48.0 Å². The van der Waals surface area contributed by atoms with E-state index in [9.17, 15) is 9.59 Å². The number of amides is 2. The summed E-state index contributed by atoms with van der Waals surface area (Å²) in [4.78, 5) is 27.6. The lowest BCUT2D eigenvalue weighted by Crippen LogP contribution is -2.54. The molecule has 5 nitrogen and oxygen atoms in total. The molecule has 156 valence electrons. The van der Waals surface area contributed by atoms with Gasteiger partial charge < -0.3 is 4.74 Å². The van der Waals surface area contributed by atoms with E-state index >= 15 is 0 Å². The Hall–Kier alpha value is -3.51. The maximum atomic E-state index is 13.5. The van der Waals surface area contributed by atoms with E-state index in [2.05, 4.69) is 5.32 Å². The molecule has 0 bridgehead atoms. The van der Waals surface area contributed by atoms with Crippen molar-refractivity contribution < 1.29 is 14.3 Å². The maximum absolute atomic E-state index is 13.5. The number of nitrogens with one attached hydrogen (secondary N) is 1. The van der Waals surface area contributed by atoms with Crippen LogP contribution in [0.25, 0.3) is 16.8 Å². The third kappa shape index (κ3) is 3.82. The summed E-state index contributed by atoms with van der Waals surface area (Å²) in [6.07, 6.45) is 1.60. The van der Waals surface area contributed by atoms with Gasteiger partial charge in [-0.25, -0.2) is 0 Å². The Morgan fingerprint density at radius 3 is 2.58 bits per heavy atom. The number of rotatable bonds is 4. The van der Waals surface area contributed by atoms with Gasteiger partial charge in [0, 0.05) is 5.56 Å². The van der Waals surface area contributed by atoms with Gasteiger partial charge in [-0.2, -0.15) is 0 Å². The zero-order chi connectivity index (χ0) is 22.1. The molecule has 0 atom stereocenters. The monoisotopic (exact) mass is 430 g/mol. The quantitative estimate of drug-likeness (QED) is 0.371. The smallest absolute Gasteiger partial charge is 0.270 e. The van der Waals surface area contributed by atoms with Gasteiger partial charge in [0.2, 0.25) is 0 Å². The molecular weight excluding hydrogens is 408 g/mol. The molecule has 6 heteroatoms. The van der Waals surface area contributed by atoms with Crippen LogP contribution in [0.4, 0.5) is 5.69 Å². The fourth-order valence-electron chi connectivity index (χ4n) is 3.78. The van der Waals surface area contributed by atoms with Crippen molar-refractivity contribution in [1.29, 1.82) is 0 Å². The summed E-state index contributed by atoms with van der Waals surface area (Å²) in [6, 6.07) is 17.3. The highest BCUT2D eigenvalue weighted by atomic mass is 32.1. The van der Waals surface area contributed by atoms with Gasteiger partial charge in [0.25, 0.3) is 11.8 Å². The molecule has 0 unspecified atom stereocenters. The average molecular weight is 431 g/mol. The lowest BCUT2D eigenvalue weighted by molar-refractivity contribution is -0.122. The Kier molecular flexibility index (Phi) is 5.57. The molecule has 1 aliphatic heterocycles. The van der Waals surface area contributed by atoms with Crippen LogP contribution in [0.1, 0.15) is 23.6 Å². The van der Waals surface area contributed by atoms with Crippen LogP contribution >= 0.6 is 12.2 Å². The lowest BCUT2D eigenvalue weighted by atomic mass is 9.99. The number of carbonyl (C=O) groups is 2. The van der Waals surface area contributed by atoms with Crippen molar-refractivity contribution in [3.05, 3.63) is 76.9 Å². The third-order valence-corrected chi connectivity index (χ3v) is 5.50. The highest BCUT2D eigenvalue weighted by Crippen LogP contribution is 2.32. The average Bonchev–Trinajstić information content (AvgIpc) is 2.73. The largest absolute Gasteiger partial charge is 0.493 e. The van der Waals surface area contributed by atoms with Crippen molar-refractivity contribution in [3.63, 3.8) is 0 Å². The Morgan fingerprint density at radius 2 is 1.84 bits per heavy atom. The van der Waals surface area contributed by atoms with E-state index in [0.29, 0.717) is 23.6 Å². The predicted molar refractivity (Wildman–Crippen MR) is 127 cm³/mol. The normalized spacial score (nSPS) is 15.5. The Balaban J connectivity index is 1.87. The second-order valence-electron chi connectivity index (χ2n) is 7.38. The summed E-state index contributed by atoms with van der Waals surface area (Å²) < 4.78 is 5.80. The lowest BCUT2D eigenvalue weighted by Gasteiger charge is -2.30. The van der Waals surface area contributed by atoms with E-state index in [1.54, 1.807) is 6.08 Å². The molecule has 0 radical (unpaired) electrons. The molecule has 1 fully saturated rings. The first-order valence-electron chi connectivity index (χ1n) is 10.0. The molecule has 3 aromatic rings. The van der Waals surface area contributed by atoms with E-state index in [-0.39, 0.29) is 10.7 Å². The number of thiocarbonyl (C=S) groups is 1. The molecule has 0 spiro atoms. The van der Waals surface area contributed by atoms with Crippen molar-refractivity contribution in [3.8, 4) is 5.75 Å². The number of ether oxygens (including phenoxy) is 1. The van der Waals surface area contributed by atoms with Gasteiger partial charge in [0.05, 0.1) is 12.3 Å². The number of anilines is 1. The summed E-state index contributed by atoms with van der Waals surface area (Å²) in [7, 11) is 0. The summed E-state index contributed by atoms with van der Waals surface area (Å²) in [5.74, 6) is -0.372. The molecule has 2 amide bonds. The fraction of sp³-hybridized carbons (Fsp3) is 0.160. The molecule has 1 heterocycles. The van der Waals surface area contributed by atoms with E-state index < -0.39 is 11.8 Å². The first kappa shape index (κ1) is 20.8. The van der Waals surface area contributed by atoms with Crippen LogP contribution in [-0.4, -0.2) is 23.5 Å². The zero-order valence-corrected chi connectivity index (χ0v) is 18.4. The third-order valence-electron chi connectivity index (χ3n) is 5.21. The molecule has 1 aliphatic rings. The second kappa shape index (κ2) is 8.32. The molecule has 1 N–H and O–H groups in total. The Morgan fingerprint density at radius 1 is 1.06 bits per heavy atom. The first-order chi connectivity index (χ1) is 14.9. The Labute approximate surface area is 186 Å². The van der Waals surface area contributed by atoms with Crippen molar-refractivity contribution in [2.24, 2.45) is 0 Å².